The van der Waals surface area contributed by atoms with Crippen molar-refractivity contribution in [3.05, 3.63) is 80.3 Å². The SMILES string of the molecule is CC(C)(C)[C@@H](CO)n1cc(C(=O)ON)c(=O)c2cc(Cc3cccc(Cl)c3F)ccc21. The van der Waals surface area contributed by atoms with Crippen LogP contribution in [0.1, 0.15) is 48.3 Å². The molecule has 164 valence electrons. The number of pyridine rings is 1. The van der Waals surface area contributed by atoms with Gasteiger partial charge in [0.1, 0.15) is 11.4 Å². The first kappa shape index (κ1) is 22.9. The molecule has 0 spiro atoms. The number of halogens is 2. The fourth-order valence-corrected chi connectivity index (χ4v) is 3.86. The molecule has 3 aromatic rings. The molecule has 0 unspecified atom stereocenters. The van der Waals surface area contributed by atoms with Crippen LogP contribution in [0.5, 0.6) is 0 Å². The molecule has 0 bridgehead atoms. The van der Waals surface area contributed by atoms with Crippen molar-refractivity contribution >= 4 is 28.5 Å². The van der Waals surface area contributed by atoms with Crippen molar-refractivity contribution in [2.75, 3.05) is 6.61 Å². The molecule has 6 nitrogen and oxygen atoms in total. The van der Waals surface area contributed by atoms with Gasteiger partial charge in [0.25, 0.3) is 0 Å². The predicted octanol–water partition coefficient (Wildman–Crippen LogP) is 3.99. The first-order chi connectivity index (χ1) is 14.6. The monoisotopic (exact) mass is 446 g/mol. The summed E-state index contributed by atoms with van der Waals surface area (Å²) >= 11 is 5.87. The minimum Gasteiger partial charge on any atom is -0.394 e. The highest BCUT2D eigenvalue weighted by atomic mass is 35.5. The molecule has 8 heteroatoms. The van der Waals surface area contributed by atoms with Gasteiger partial charge in [-0.2, -0.15) is 5.90 Å². The van der Waals surface area contributed by atoms with E-state index in [1.165, 1.54) is 12.3 Å². The number of carbonyl (C=O) groups is 1. The summed E-state index contributed by atoms with van der Waals surface area (Å²) in [7, 11) is 0. The number of nitrogens with two attached hydrogens (primary N) is 1. The van der Waals surface area contributed by atoms with Gasteiger partial charge in [-0.05, 0) is 34.7 Å². The lowest BCUT2D eigenvalue weighted by molar-refractivity contribution is 0.0499. The maximum absolute atomic E-state index is 14.3. The normalized spacial score (nSPS) is 12.7. The number of carbonyl (C=O) groups excluding carboxylic acids is 1. The quantitative estimate of drug-likeness (QED) is 0.578. The standard InChI is InChI=1S/C23H24ClFN2O4/c1-23(2,3)19(12-28)27-11-16(22(30)31-26)21(29)15-10-13(7-8-18(15)27)9-14-5-4-6-17(24)20(14)25/h4-8,10-11,19,28H,9,12,26H2,1-3H3/t19-/m1/s1. The fourth-order valence-electron chi connectivity index (χ4n) is 3.66. The second kappa shape index (κ2) is 8.78. The summed E-state index contributed by atoms with van der Waals surface area (Å²) in [6, 6.07) is 9.41. The number of rotatable bonds is 5. The van der Waals surface area contributed by atoms with Gasteiger partial charge in [-0.15, -0.1) is 0 Å². The Labute approximate surface area is 184 Å². The van der Waals surface area contributed by atoms with E-state index in [-0.39, 0.29) is 34.4 Å². The van der Waals surface area contributed by atoms with Crippen molar-refractivity contribution in [3.8, 4) is 0 Å². The minimum atomic E-state index is -0.975. The summed E-state index contributed by atoms with van der Waals surface area (Å²) < 4.78 is 16.0. The van der Waals surface area contributed by atoms with Crippen molar-refractivity contribution in [3.63, 3.8) is 0 Å². The molecule has 0 aliphatic carbocycles. The Kier molecular flexibility index (Phi) is 6.50. The van der Waals surface area contributed by atoms with Crippen LogP contribution in [0.3, 0.4) is 0 Å². The topological polar surface area (TPSA) is 94.6 Å². The van der Waals surface area contributed by atoms with Crippen LogP contribution < -0.4 is 11.3 Å². The lowest BCUT2D eigenvalue weighted by Gasteiger charge is -2.33. The van der Waals surface area contributed by atoms with Crippen LogP contribution in [-0.4, -0.2) is 22.2 Å². The Morgan fingerprint density at radius 1 is 1.29 bits per heavy atom. The van der Waals surface area contributed by atoms with Crippen molar-refractivity contribution in [2.45, 2.75) is 33.2 Å². The Bertz CT molecular complexity index is 1200. The van der Waals surface area contributed by atoms with Gasteiger partial charge in [-0.3, -0.25) is 4.79 Å². The summed E-state index contributed by atoms with van der Waals surface area (Å²) in [6.07, 6.45) is 1.57. The molecule has 0 radical (unpaired) electrons. The van der Waals surface area contributed by atoms with Gasteiger partial charge < -0.3 is 14.5 Å². The maximum Gasteiger partial charge on any atom is 0.362 e. The summed E-state index contributed by atoms with van der Waals surface area (Å²) in [6.45, 7) is 5.60. The fraction of sp³-hybridized carbons (Fsp3) is 0.304. The molecule has 3 N–H and O–H groups in total. The molecular formula is C23H24ClFN2O4. The molecular weight excluding hydrogens is 423 g/mol. The van der Waals surface area contributed by atoms with Crippen LogP contribution in [0, 0.1) is 11.2 Å². The molecule has 0 saturated carbocycles. The largest absolute Gasteiger partial charge is 0.394 e. The zero-order chi connectivity index (χ0) is 22.9. The highest BCUT2D eigenvalue weighted by molar-refractivity contribution is 6.30. The zero-order valence-electron chi connectivity index (χ0n) is 17.5. The molecule has 0 fully saturated rings. The van der Waals surface area contributed by atoms with Gasteiger partial charge >= 0.3 is 5.97 Å². The number of aliphatic hydroxyl groups is 1. The van der Waals surface area contributed by atoms with E-state index >= 15 is 0 Å². The number of hydrogen-bond acceptors (Lipinski definition) is 5. The van der Waals surface area contributed by atoms with Crippen LogP contribution in [0.4, 0.5) is 4.39 Å². The van der Waals surface area contributed by atoms with Crippen molar-refractivity contribution < 1.29 is 19.1 Å². The van der Waals surface area contributed by atoms with Crippen molar-refractivity contribution in [1.29, 1.82) is 0 Å². The molecule has 0 amide bonds. The van der Waals surface area contributed by atoms with Crippen LogP contribution in [-0.2, 0) is 11.3 Å². The Balaban J connectivity index is 2.24. The van der Waals surface area contributed by atoms with Gasteiger partial charge in [-0.25, -0.2) is 9.18 Å². The van der Waals surface area contributed by atoms with Crippen molar-refractivity contribution in [2.24, 2.45) is 11.3 Å². The molecule has 31 heavy (non-hydrogen) atoms. The lowest BCUT2D eigenvalue weighted by atomic mass is 9.86. The van der Waals surface area contributed by atoms with Gasteiger partial charge in [0.05, 0.1) is 23.2 Å². The molecule has 1 heterocycles. The molecule has 2 aromatic carbocycles. The minimum absolute atomic E-state index is 0.0181. The number of benzene rings is 2. The average molecular weight is 447 g/mol. The third kappa shape index (κ3) is 4.49. The van der Waals surface area contributed by atoms with E-state index in [4.69, 9.17) is 17.5 Å². The second-order valence-corrected chi connectivity index (χ2v) is 8.90. The highest BCUT2D eigenvalue weighted by Crippen LogP contribution is 2.33. The number of aromatic nitrogens is 1. The number of fused-ring (bicyclic) bond motifs is 1. The maximum atomic E-state index is 14.3. The molecule has 3 rings (SSSR count). The number of nitrogens with zero attached hydrogens (tertiary/aromatic N) is 1. The molecule has 0 aliphatic heterocycles. The molecule has 0 saturated heterocycles. The summed E-state index contributed by atoms with van der Waals surface area (Å²) in [5.41, 5.74) is 0.385. The molecule has 0 aliphatic rings. The van der Waals surface area contributed by atoms with E-state index in [1.807, 2.05) is 20.8 Å². The van der Waals surface area contributed by atoms with E-state index in [2.05, 4.69) is 4.84 Å². The van der Waals surface area contributed by atoms with Gasteiger partial charge in [0, 0.05) is 18.0 Å². The van der Waals surface area contributed by atoms with Gasteiger partial charge in [0.2, 0.25) is 5.43 Å². The van der Waals surface area contributed by atoms with E-state index in [0.29, 0.717) is 16.6 Å². The summed E-state index contributed by atoms with van der Waals surface area (Å²) in [5, 5.41) is 10.3. The van der Waals surface area contributed by atoms with Crippen LogP contribution in [0.15, 0.2) is 47.4 Å². The zero-order valence-corrected chi connectivity index (χ0v) is 18.2. The predicted molar refractivity (Wildman–Crippen MR) is 118 cm³/mol. The van der Waals surface area contributed by atoms with Crippen LogP contribution >= 0.6 is 11.6 Å². The van der Waals surface area contributed by atoms with Gasteiger partial charge in [-0.1, -0.05) is 50.6 Å². The number of hydrogen-bond donors (Lipinski definition) is 2. The molecule has 1 aromatic heterocycles. The first-order valence-electron chi connectivity index (χ1n) is 9.71. The average Bonchev–Trinajstić information content (AvgIpc) is 2.72. The van der Waals surface area contributed by atoms with E-state index < -0.39 is 23.3 Å². The number of aliphatic hydroxyl groups excluding tert-OH is 1. The Morgan fingerprint density at radius 2 is 2.00 bits per heavy atom. The Morgan fingerprint density at radius 3 is 2.61 bits per heavy atom. The third-order valence-corrected chi connectivity index (χ3v) is 5.65. The summed E-state index contributed by atoms with van der Waals surface area (Å²) in [4.78, 5) is 29.5. The van der Waals surface area contributed by atoms with E-state index in [9.17, 15) is 19.1 Å². The summed E-state index contributed by atoms with van der Waals surface area (Å²) in [5.74, 6) is 3.53. The van der Waals surface area contributed by atoms with Gasteiger partial charge in [0.15, 0.2) is 0 Å². The smallest absolute Gasteiger partial charge is 0.362 e. The van der Waals surface area contributed by atoms with E-state index in [1.54, 1.807) is 34.9 Å². The lowest BCUT2D eigenvalue weighted by Crippen LogP contribution is -2.31. The van der Waals surface area contributed by atoms with Crippen LogP contribution in [0.2, 0.25) is 5.02 Å². The Hall–Kier alpha value is -2.74. The van der Waals surface area contributed by atoms with E-state index in [0.717, 1.165) is 0 Å². The first-order valence-corrected chi connectivity index (χ1v) is 10.1. The van der Waals surface area contributed by atoms with Crippen LogP contribution in [0.25, 0.3) is 10.9 Å². The third-order valence-electron chi connectivity index (χ3n) is 5.36. The van der Waals surface area contributed by atoms with Crippen molar-refractivity contribution in [1.82, 2.24) is 4.57 Å². The highest BCUT2D eigenvalue weighted by Gasteiger charge is 2.28. The molecule has 1 atom stereocenters. The second-order valence-electron chi connectivity index (χ2n) is 8.49.